The normalized spacial score (nSPS) is 12.0. The highest BCUT2D eigenvalue weighted by Crippen LogP contribution is 2.06. The van der Waals surface area contributed by atoms with Crippen LogP contribution in [-0.4, -0.2) is 11.6 Å². The second kappa shape index (κ2) is 3.40. The lowest BCUT2D eigenvalue weighted by molar-refractivity contribution is -0.148. The zero-order valence-corrected chi connectivity index (χ0v) is 6.97. The Morgan fingerprint density at radius 3 is 2.20 bits per heavy atom. The number of hydrogen-bond acceptors (Lipinski definition) is 2. The predicted octanol–water partition coefficient (Wildman–Crippen LogP) is 1.90. The summed E-state index contributed by atoms with van der Waals surface area (Å²) in [5.41, 5.74) is -0.378. The van der Waals surface area contributed by atoms with E-state index in [0.29, 0.717) is 0 Å². The molecule has 0 fully saturated rings. The van der Waals surface area contributed by atoms with Crippen molar-refractivity contribution < 1.29 is 9.53 Å². The molecular weight excluding hydrogens is 128 g/mol. The summed E-state index contributed by atoms with van der Waals surface area (Å²) in [7, 11) is 0. The standard InChI is InChI=1S/C8H14O2/c1-5-6-7(9)10-8(2,3)4/h5-6H,1-4H3. The van der Waals surface area contributed by atoms with E-state index in [1.165, 1.54) is 6.08 Å². The van der Waals surface area contributed by atoms with Crippen LogP contribution in [0.5, 0.6) is 0 Å². The lowest BCUT2D eigenvalue weighted by atomic mass is 10.2. The molecule has 0 aliphatic heterocycles. The molecule has 2 heteroatoms. The van der Waals surface area contributed by atoms with Crippen molar-refractivity contribution in [3.8, 4) is 0 Å². The first-order chi connectivity index (χ1) is 4.45. The molecule has 0 bridgehead atoms. The van der Waals surface area contributed by atoms with Gasteiger partial charge in [0.05, 0.1) is 0 Å². The number of carbonyl (C=O) groups is 1. The van der Waals surface area contributed by atoms with Crippen molar-refractivity contribution in [1.82, 2.24) is 0 Å². The Balaban J connectivity index is 3.81. The average molecular weight is 142 g/mol. The molecule has 0 heterocycles. The molecule has 0 aromatic carbocycles. The minimum atomic E-state index is -0.378. The minimum Gasteiger partial charge on any atom is -0.457 e. The van der Waals surface area contributed by atoms with Crippen LogP contribution in [-0.2, 0) is 9.53 Å². The lowest BCUT2D eigenvalue weighted by Crippen LogP contribution is -2.22. The number of rotatable bonds is 1. The molecule has 0 saturated carbocycles. The summed E-state index contributed by atoms with van der Waals surface area (Å²) >= 11 is 0. The molecule has 0 unspecified atom stereocenters. The number of allylic oxidation sites excluding steroid dienone is 1. The van der Waals surface area contributed by atoms with Crippen LogP contribution in [0.3, 0.4) is 0 Å². The van der Waals surface area contributed by atoms with E-state index >= 15 is 0 Å². The fourth-order valence-electron chi connectivity index (χ4n) is 0.472. The van der Waals surface area contributed by atoms with E-state index in [9.17, 15) is 4.79 Å². The van der Waals surface area contributed by atoms with Crippen LogP contribution >= 0.6 is 0 Å². The molecule has 2 nitrogen and oxygen atoms in total. The van der Waals surface area contributed by atoms with Gasteiger partial charge in [0, 0.05) is 6.08 Å². The van der Waals surface area contributed by atoms with Gasteiger partial charge in [-0.25, -0.2) is 4.79 Å². The zero-order valence-electron chi connectivity index (χ0n) is 6.97. The fourth-order valence-corrected chi connectivity index (χ4v) is 0.472. The van der Waals surface area contributed by atoms with Crippen molar-refractivity contribution >= 4 is 5.97 Å². The van der Waals surface area contributed by atoms with Gasteiger partial charge in [0.2, 0.25) is 0 Å². The first kappa shape index (κ1) is 9.21. The summed E-state index contributed by atoms with van der Waals surface area (Å²) in [5, 5.41) is 0. The monoisotopic (exact) mass is 142 g/mol. The van der Waals surface area contributed by atoms with E-state index in [1.54, 1.807) is 13.0 Å². The Morgan fingerprint density at radius 1 is 1.40 bits per heavy atom. The highest BCUT2D eigenvalue weighted by molar-refractivity contribution is 5.82. The Kier molecular flexibility index (Phi) is 3.13. The summed E-state index contributed by atoms with van der Waals surface area (Å²) in [6.07, 6.45) is 3.07. The lowest BCUT2D eigenvalue weighted by Gasteiger charge is -2.17. The van der Waals surface area contributed by atoms with E-state index in [1.807, 2.05) is 20.8 Å². The molecule has 0 aliphatic rings. The molecule has 0 aliphatic carbocycles. The van der Waals surface area contributed by atoms with Crippen molar-refractivity contribution in [3.05, 3.63) is 12.2 Å². The quantitative estimate of drug-likeness (QED) is 0.413. The molecule has 0 rings (SSSR count). The van der Waals surface area contributed by atoms with E-state index in [-0.39, 0.29) is 11.6 Å². The van der Waals surface area contributed by atoms with Crippen LogP contribution in [0.25, 0.3) is 0 Å². The van der Waals surface area contributed by atoms with Gasteiger partial charge in [-0.05, 0) is 27.7 Å². The van der Waals surface area contributed by atoms with Crippen molar-refractivity contribution in [2.75, 3.05) is 0 Å². The summed E-state index contributed by atoms with van der Waals surface area (Å²) in [5.74, 6) is -0.282. The van der Waals surface area contributed by atoms with E-state index in [0.717, 1.165) is 0 Å². The van der Waals surface area contributed by atoms with Gasteiger partial charge in [0.25, 0.3) is 0 Å². The molecule has 0 aromatic rings. The molecule has 0 saturated heterocycles. The Labute approximate surface area is 61.9 Å². The third-order valence-electron chi connectivity index (χ3n) is 0.710. The van der Waals surface area contributed by atoms with Crippen LogP contribution < -0.4 is 0 Å². The Morgan fingerprint density at radius 2 is 1.90 bits per heavy atom. The van der Waals surface area contributed by atoms with E-state index in [4.69, 9.17) is 4.74 Å². The highest BCUT2D eigenvalue weighted by Gasteiger charge is 2.13. The van der Waals surface area contributed by atoms with Crippen molar-refractivity contribution in [2.24, 2.45) is 0 Å². The molecule has 0 aromatic heterocycles. The smallest absolute Gasteiger partial charge is 0.330 e. The fraction of sp³-hybridized carbons (Fsp3) is 0.625. The van der Waals surface area contributed by atoms with Crippen molar-refractivity contribution in [3.63, 3.8) is 0 Å². The largest absolute Gasteiger partial charge is 0.457 e. The SMILES string of the molecule is CC=CC(=O)OC(C)(C)C. The molecule has 0 N–H and O–H groups in total. The maximum atomic E-state index is 10.7. The maximum Gasteiger partial charge on any atom is 0.330 e. The summed E-state index contributed by atoms with van der Waals surface area (Å²) in [4.78, 5) is 10.7. The number of esters is 1. The van der Waals surface area contributed by atoms with Crippen LogP contribution in [0, 0.1) is 0 Å². The molecule has 0 atom stereocenters. The van der Waals surface area contributed by atoms with E-state index in [2.05, 4.69) is 0 Å². The van der Waals surface area contributed by atoms with Crippen molar-refractivity contribution in [1.29, 1.82) is 0 Å². The van der Waals surface area contributed by atoms with Gasteiger partial charge >= 0.3 is 5.97 Å². The summed E-state index contributed by atoms with van der Waals surface area (Å²) in [6, 6.07) is 0. The predicted molar refractivity (Wildman–Crippen MR) is 40.7 cm³/mol. The van der Waals surface area contributed by atoms with Gasteiger partial charge in [-0.2, -0.15) is 0 Å². The van der Waals surface area contributed by atoms with Crippen molar-refractivity contribution in [2.45, 2.75) is 33.3 Å². The zero-order chi connectivity index (χ0) is 8.20. The third-order valence-corrected chi connectivity index (χ3v) is 0.710. The van der Waals surface area contributed by atoms with Gasteiger partial charge in [-0.3, -0.25) is 0 Å². The number of carbonyl (C=O) groups excluding carboxylic acids is 1. The van der Waals surface area contributed by atoms with Gasteiger partial charge in [-0.1, -0.05) is 6.08 Å². The maximum absolute atomic E-state index is 10.7. The van der Waals surface area contributed by atoms with Crippen LogP contribution in [0.4, 0.5) is 0 Å². The first-order valence-electron chi connectivity index (χ1n) is 3.31. The third kappa shape index (κ3) is 5.35. The summed E-state index contributed by atoms with van der Waals surface area (Å²) < 4.78 is 4.95. The average Bonchev–Trinajstić information content (AvgIpc) is 1.59. The molecule has 10 heavy (non-hydrogen) atoms. The van der Waals surface area contributed by atoms with Crippen LogP contribution in [0.2, 0.25) is 0 Å². The number of ether oxygens (including phenoxy) is 1. The molecule has 0 amide bonds. The van der Waals surface area contributed by atoms with E-state index < -0.39 is 0 Å². The molecule has 0 radical (unpaired) electrons. The Bertz CT molecular complexity index is 140. The van der Waals surface area contributed by atoms with Gasteiger partial charge in [0.1, 0.15) is 5.60 Å². The number of hydrogen-bond donors (Lipinski definition) is 0. The topological polar surface area (TPSA) is 26.3 Å². The summed E-state index contributed by atoms with van der Waals surface area (Å²) in [6.45, 7) is 7.31. The van der Waals surface area contributed by atoms with Crippen LogP contribution in [0.1, 0.15) is 27.7 Å². The van der Waals surface area contributed by atoms with Gasteiger partial charge < -0.3 is 4.74 Å². The molecule has 0 spiro atoms. The van der Waals surface area contributed by atoms with Crippen LogP contribution in [0.15, 0.2) is 12.2 Å². The second-order valence-corrected chi connectivity index (χ2v) is 3.03. The first-order valence-corrected chi connectivity index (χ1v) is 3.31. The van der Waals surface area contributed by atoms with Gasteiger partial charge in [-0.15, -0.1) is 0 Å². The second-order valence-electron chi connectivity index (χ2n) is 3.03. The molecule has 58 valence electrons. The minimum absolute atomic E-state index is 0.282. The highest BCUT2D eigenvalue weighted by atomic mass is 16.6. The molecular formula is C8H14O2. The Hall–Kier alpha value is -0.790. The van der Waals surface area contributed by atoms with Gasteiger partial charge in [0.15, 0.2) is 0 Å².